The van der Waals surface area contributed by atoms with E-state index in [0.29, 0.717) is 11.3 Å². The van der Waals surface area contributed by atoms with E-state index in [0.717, 1.165) is 0 Å². The van der Waals surface area contributed by atoms with Gasteiger partial charge in [0.05, 0.1) is 13.0 Å². The van der Waals surface area contributed by atoms with Crippen LogP contribution in [0.3, 0.4) is 0 Å². The topological polar surface area (TPSA) is 137 Å². The third kappa shape index (κ3) is 4.45. The molecule has 8 nitrogen and oxygen atoms in total. The van der Waals surface area contributed by atoms with Crippen LogP contribution < -0.4 is 11.2 Å². The van der Waals surface area contributed by atoms with Crippen molar-refractivity contribution in [1.29, 1.82) is 5.41 Å². The number of rotatable bonds is 6. The maximum absolute atomic E-state index is 10.9. The first-order chi connectivity index (χ1) is 7.56. The fraction of sp³-hybridized carbons (Fsp3) is 0.500. The van der Waals surface area contributed by atoms with Crippen molar-refractivity contribution in [2.45, 2.75) is 13.3 Å². The van der Waals surface area contributed by atoms with Gasteiger partial charge in [0.25, 0.3) is 0 Å². The SMILES string of the molecule is CN/C(C)=C(/CN=[N+]=[N-])C(=N)CC(=O)ON. The van der Waals surface area contributed by atoms with Gasteiger partial charge in [0.15, 0.2) is 0 Å². The van der Waals surface area contributed by atoms with Crippen LogP contribution in [0.1, 0.15) is 13.3 Å². The number of allylic oxidation sites excluding steroid dienone is 1. The van der Waals surface area contributed by atoms with Crippen molar-refractivity contribution in [2.75, 3.05) is 13.6 Å². The summed E-state index contributed by atoms with van der Waals surface area (Å²) in [6.07, 6.45) is -0.258. The Balaban J connectivity index is 4.84. The van der Waals surface area contributed by atoms with E-state index in [4.69, 9.17) is 10.9 Å². The lowest BCUT2D eigenvalue weighted by atomic mass is 10.1. The van der Waals surface area contributed by atoms with E-state index in [1.807, 2.05) is 0 Å². The van der Waals surface area contributed by atoms with Gasteiger partial charge < -0.3 is 15.6 Å². The Morgan fingerprint density at radius 1 is 1.69 bits per heavy atom. The second-order valence-corrected chi connectivity index (χ2v) is 2.89. The van der Waals surface area contributed by atoms with Crippen LogP contribution in [0.15, 0.2) is 16.4 Å². The monoisotopic (exact) mass is 226 g/mol. The minimum atomic E-state index is -0.715. The third-order valence-electron chi connectivity index (χ3n) is 1.94. The lowest BCUT2D eigenvalue weighted by Crippen LogP contribution is -2.19. The van der Waals surface area contributed by atoms with Crippen LogP contribution in [-0.2, 0) is 9.63 Å². The molecule has 4 N–H and O–H groups in total. The zero-order valence-corrected chi connectivity index (χ0v) is 9.15. The maximum atomic E-state index is 10.9. The van der Waals surface area contributed by atoms with Crippen LogP contribution in [-0.4, -0.2) is 25.3 Å². The molecule has 0 heterocycles. The zero-order valence-electron chi connectivity index (χ0n) is 9.15. The Kier molecular flexibility index (Phi) is 6.34. The molecule has 0 amide bonds. The fourth-order valence-corrected chi connectivity index (χ4v) is 0.986. The summed E-state index contributed by atoms with van der Waals surface area (Å²) >= 11 is 0. The highest BCUT2D eigenvalue weighted by atomic mass is 16.7. The molecule has 0 aliphatic carbocycles. The highest BCUT2D eigenvalue weighted by Crippen LogP contribution is 2.07. The lowest BCUT2D eigenvalue weighted by Gasteiger charge is -2.10. The zero-order chi connectivity index (χ0) is 12.6. The van der Waals surface area contributed by atoms with Gasteiger partial charge in [-0.3, -0.25) is 0 Å². The van der Waals surface area contributed by atoms with E-state index >= 15 is 0 Å². The minimum Gasteiger partial charge on any atom is -0.391 e. The van der Waals surface area contributed by atoms with Crippen molar-refractivity contribution in [3.05, 3.63) is 21.7 Å². The van der Waals surface area contributed by atoms with Gasteiger partial charge in [0, 0.05) is 23.4 Å². The van der Waals surface area contributed by atoms with Crippen LogP contribution in [0.2, 0.25) is 0 Å². The number of carbonyl (C=O) groups excluding carboxylic acids is 1. The second kappa shape index (κ2) is 7.27. The Hall–Kier alpha value is -2.05. The first kappa shape index (κ1) is 13.9. The van der Waals surface area contributed by atoms with Crippen LogP contribution >= 0.6 is 0 Å². The summed E-state index contributed by atoms with van der Waals surface area (Å²) in [5.74, 6) is 3.95. The second-order valence-electron chi connectivity index (χ2n) is 2.89. The Morgan fingerprint density at radius 2 is 2.31 bits per heavy atom. The molecule has 0 unspecified atom stereocenters. The molecular weight excluding hydrogens is 212 g/mol. The van der Waals surface area contributed by atoms with Crippen molar-refractivity contribution in [2.24, 2.45) is 11.0 Å². The maximum Gasteiger partial charge on any atom is 0.330 e. The number of nitrogens with two attached hydrogens (primary N) is 1. The number of hydrogen-bond donors (Lipinski definition) is 3. The van der Waals surface area contributed by atoms with Crippen LogP contribution in [0.25, 0.3) is 10.4 Å². The first-order valence-electron chi connectivity index (χ1n) is 4.42. The van der Waals surface area contributed by atoms with Gasteiger partial charge in [-0.1, -0.05) is 5.11 Å². The molecule has 0 aliphatic rings. The summed E-state index contributed by atoms with van der Waals surface area (Å²) in [5.41, 5.74) is 9.33. The van der Waals surface area contributed by atoms with Crippen molar-refractivity contribution in [1.82, 2.24) is 5.32 Å². The Labute approximate surface area is 92.5 Å². The van der Waals surface area contributed by atoms with E-state index < -0.39 is 5.97 Å². The van der Waals surface area contributed by atoms with Crippen molar-refractivity contribution < 1.29 is 9.63 Å². The van der Waals surface area contributed by atoms with Gasteiger partial charge in [-0.15, -0.1) is 0 Å². The lowest BCUT2D eigenvalue weighted by molar-refractivity contribution is -0.142. The highest BCUT2D eigenvalue weighted by molar-refractivity contribution is 6.07. The predicted octanol–water partition coefficient (Wildman–Crippen LogP) is 0.617. The van der Waals surface area contributed by atoms with Gasteiger partial charge >= 0.3 is 5.97 Å². The summed E-state index contributed by atoms with van der Waals surface area (Å²) in [7, 11) is 1.67. The minimum absolute atomic E-state index is 0.000141. The molecule has 0 aliphatic heterocycles. The average Bonchev–Trinajstić information content (AvgIpc) is 2.28. The van der Waals surface area contributed by atoms with Gasteiger partial charge in [-0.25, -0.2) is 4.79 Å². The van der Waals surface area contributed by atoms with Gasteiger partial charge in [0.1, 0.15) is 0 Å². The number of azide groups is 1. The molecule has 0 atom stereocenters. The molecule has 0 radical (unpaired) electrons. The predicted molar refractivity (Wildman–Crippen MR) is 58.4 cm³/mol. The third-order valence-corrected chi connectivity index (χ3v) is 1.94. The largest absolute Gasteiger partial charge is 0.391 e. The summed E-state index contributed by atoms with van der Waals surface area (Å²) < 4.78 is 0. The van der Waals surface area contributed by atoms with Gasteiger partial charge in [-0.2, -0.15) is 5.90 Å². The first-order valence-corrected chi connectivity index (χ1v) is 4.42. The molecule has 16 heavy (non-hydrogen) atoms. The van der Waals surface area contributed by atoms with Crippen molar-refractivity contribution >= 4 is 11.7 Å². The fourth-order valence-electron chi connectivity index (χ4n) is 0.986. The molecule has 0 aromatic heterocycles. The molecule has 0 aromatic carbocycles. The van der Waals surface area contributed by atoms with Crippen LogP contribution in [0.4, 0.5) is 0 Å². The van der Waals surface area contributed by atoms with Crippen LogP contribution in [0, 0.1) is 5.41 Å². The van der Waals surface area contributed by atoms with E-state index in [1.54, 1.807) is 14.0 Å². The number of nitrogens with zero attached hydrogens (tertiary/aromatic N) is 3. The molecule has 0 rings (SSSR count). The van der Waals surface area contributed by atoms with E-state index in [2.05, 4.69) is 26.1 Å². The number of carbonyl (C=O) groups is 1. The smallest absolute Gasteiger partial charge is 0.330 e. The molecule has 0 bridgehead atoms. The summed E-state index contributed by atoms with van der Waals surface area (Å²) in [6.45, 7) is 1.71. The molecule has 0 fully saturated rings. The normalized spacial score (nSPS) is 10.9. The Bertz CT molecular complexity index is 356. The highest BCUT2D eigenvalue weighted by Gasteiger charge is 2.13. The number of hydrogen-bond acceptors (Lipinski definition) is 6. The van der Waals surface area contributed by atoms with Crippen LogP contribution in [0.5, 0.6) is 0 Å². The summed E-state index contributed by atoms with van der Waals surface area (Å²) in [6, 6.07) is 0. The molecule has 8 heteroatoms. The molecular formula is C8H14N6O2. The van der Waals surface area contributed by atoms with E-state index in [-0.39, 0.29) is 18.7 Å². The number of nitrogens with one attached hydrogen (secondary N) is 2. The standard InChI is InChI=1S/C8H14N6O2/c1-5(12-2)6(4-13-14-10)7(9)3-8(15)16-11/h9,12H,3-4,11H2,1-2H3/b6-5-,9-7?. The average molecular weight is 226 g/mol. The molecule has 0 aromatic rings. The molecule has 88 valence electrons. The van der Waals surface area contributed by atoms with Crippen molar-refractivity contribution in [3.8, 4) is 0 Å². The van der Waals surface area contributed by atoms with E-state index in [1.165, 1.54) is 0 Å². The molecule has 0 saturated carbocycles. The quantitative estimate of drug-likeness (QED) is 0.201. The van der Waals surface area contributed by atoms with Gasteiger partial charge in [0.2, 0.25) is 0 Å². The van der Waals surface area contributed by atoms with Gasteiger partial charge in [-0.05, 0) is 18.0 Å². The molecule has 0 spiro atoms. The molecule has 0 saturated heterocycles. The van der Waals surface area contributed by atoms with Crippen molar-refractivity contribution in [3.63, 3.8) is 0 Å². The van der Waals surface area contributed by atoms with E-state index in [9.17, 15) is 4.79 Å². The summed E-state index contributed by atoms with van der Waals surface area (Å²) in [5, 5.41) is 13.8. The Morgan fingerprint density at radius 3 is 2.75 bits per heavy atom. The summed E-state index contributed by atoms with van der Waals surface area (Å²) in [4.78, 5) is 17.4.